The highest BCUT2D eigenvalue weighted by Gasteiger charge is 2.04. The van der Waals surface area contributed by atoms with E-state index in [1.165, 1.54) is 23.5 Å². The molecule has 0 saturated carbocycles. The van der Waals surface area contributed by atoms with Gasteiger partial charge < -0.3 is 5.32 Å². The minimum atomic E-state index is -0.340. The van der Waals surface area contributed by atoms with Crippen LogP contribution in [-0.2, 0) is 11.3 Å². The quantitative estimate of drug-likeness (QED) is 0.850. The molecule has 20 heavy (non-hydrogen) atoms. The second-order valence-electron chi connectivity index (χ2n) is 4.08. The predicted octanol–water partition coefficient (Wildman–Crippen LogP) is 3.68. The van der Waals surface area contributed by atoms with E-state index in [9.17, 15) is 9.18 Å². The first-order valence-corrected chi connectivity index (χ1v) is 7.54. The first-order chi connectivity index (χ1) is 9.54. The molecule has 3 nitrogen and oxygen atoms in total. The Kier molecular flexibility index (Phi) is 5.03. The van der Waals surface area contributed by atoms with Gasteiger partial charge in [-0.25, -0.2) is 9.37 Å². The molecule has 2 aromatic rings. The van der Waals surface area contributed by atoms with Crippen LogP contribution in [0.15, 0.2) is 34.1 Å². The van der Waals surface area contributed by atoms with E-state index in [-0.39, 0.29) is 18.3 Å². The number of hydrogen-bond donors (Lipinski definition) is 1. The molecule has 1 amide bonds. The highest BCUT2D eigenvalue weighted by molar-refractivity contribution is 9.10. The zero-order valence-electron chi connectivity index (χ0n) is 10.7. The number of aryl methyl sites for hydroxylation is 1. The van der Waals surface area contributed by atoms with Crippen molar-refractivity contribution in [1.29, 1.82) is 0 Å². The van der Waals surface area contributed by atoms with Crippen molar-refractivity contribution in [3.8, 4) is 0 Å². The molecule has 0 atom stereocenters. The molecule has 0 fully saturated rings. The van der Waals surface area contributed by atoms with Crippen LogP contribution in [0.25, 0.3) is 6.08 Å². The highest BCUT2D eigenvalue weighted by atomic mass is 79.9. The largest absolute Gasteiger partial charge is 0.348 e. The summed E-state index contributed by atoms with van der Waals surface area (Å²) in [5.74, 6) is -0.623. The third kappa shape index (κ3) is 4.25. The average molecular weight is 355 g/mol. The number of rotatable bonds is 4. The number of halogens is 2. The molecule has 1 N–H and O–H groups in total. The minimum absolute atomic E-state index is 0.143. The molecule has 6 heteroatoms. The van der Waals surface area contributed by atoms with Crippen LogP contribution in [-0.4, -0.2) is 10.9 Å². The zero-order valence-corrected chi connectivity index (χ0v) is 13.1. The summed E-state index contributed by atoms with van der Waals surface area (Å²) in [5, 5.41) is 5.45. The molecule has 0 bridgehead atoms. The first kappa shape index (κ1) is 14.9. The van der Waals surface area contributed by atoms with Gasteiger partial charge in [0.25, 0.3) is 0 Å². The van der Waals surface area contributed by atoms with Gasteiger partial charge in [-0.05, 0) is 31.2 Å². The molecular formula is C14H12BrFN2OS. The molecule has 1 heterocycles. The number of aromatic nitrogens is 1. The van der Waals surface area contributed by atoms with E-state index in [0.29, 0.717) is 5.56 Å². The number of nitrogens with zero attached hydrogens (tertiary/aromatic N) is 1. The van der Waals surface area contributed by atoms with Gasteiger partial charge in [0.05, 0.1) is 10.7 Å². The summed E-state index contributed by atoms with van der Waals surface area (Å²) in [6, 6.07) is 4.62. The fourth-order valence-electron chi connectivity index (χ4n) is 1.54. The molecule has 104 valence electrons. The van der Waals surface area contributed by atoms with E-state index in [1.807, 2.05) is 12.3 Å². The molecular weight excluding hydrogens is 343 g/mol. The van der Waals surface area contributed by atoms with E-state index in [0.717, 1.165) is 15.2 Å². The number of carbonyl (C=O) groups excluding carboxylic acids is 1. The summed E-state index contributed by atoms with van der Waals surface area (Å²) in [6.07, 6.45) is 3.03. The van der Waals surface area contributed by atoms with Crippen molar-refractivity contribution >= 4 is 39.2 Å². The normalized spacial score (nSPS) is 10.9. The Morgan fingerprint density at radius 1 is 1.55 bits per heavy atom. The van der Waals surface area contributed by atoms with Crippen LogP contribution in [0.2, 0.25) is 0 Å². The van der Waals surface area contributed by atoms with Gasteiger partial charge >= 0.3 is 0 Å². The van der Waals surface area contributed by atoms with Gasteiger partial charge in [-0.3, -0.25) is 4.79 Å². The third-order valence-corrected chi connectivity index (χ3v) is 3.79. The summed E-state index contributed by atoms with van der Waals surface area (Å²) in [7, 11) is 0. The Bertz CT molecular complexity index is 654. The van der Waals surface area contributed by atoms with E-state index in [4.69, 9.17) is 0 Å². The number of carbonyl (C=O) groups is 1. The molecule has 2 rings (SSSR count). The van der Waals surface area contributed by atoms with Crippen molar-refractivity contribution < 1.29 is 9.18 Å². The Labute approximate surface area is 128 Å². The molecule has 1 aromatic carbocycles. The topological polar surface area (TPSA) is 42.0 Å². The molecule has 0 aliphatic carbocycles. The second kappa shape index (κ2) is 6.76. The fourth-order valence-corrected chi connectivity index (χ4v) is 2.53. The number of benzene rings is 1. The van der Waals surface area contributed by atoms with Crippen molar-refractivity contribution in [3.63, 3.8) is 0 Å². The summed E-state index contributed by atoms with van der Waals surface area (Å²) in [5.41, 5.74) is 1.18. The van der Waals surface area contributed by atoms with Gasteiger partial charge in [0.15, 0.2) is 0 Å². The monoisotopic (exact) mass is 354 g/mol. The lowest BCUT2D eigenvalue weighted by molar-refractivity contribution is -0.116. The van der Waals surface area contributed by atoms with Crippen LogP contribution in [0, 0.1) is 12.7 Å². The number of hydrogen-bond acceptors (Lipinski definition) is 3. The summed E-state index contributed by atoms with van der Waals surface area (Å²) in [4.78, 5) is 15.8. The maximum atomic E-state index is 13.5. The van der Waals surface area contributed by atoms with Gasteiger partial charge in [-0.2, -0.15) is 0 Å². The fraction of sp³-hybridized carbons (Fsp3) is 0.143. The first-order valence-electron chi connectivity index (χ1n) is 5.86. The third-order valence-electron chi connectivity index (χ3n) is 2.50. The smallest absolute Gasteiger partial charge is 0.244 e. The summed E-state index contributed by atoms with van der Waals surface area (Å²) in [6.45, 7) is 2.04. The lowest BCUT2D eigenvalue weighted by Crippen LogP contribution is -2.20. The maximum absolute atomic E-state index is 13.5. The molecule has 0 aliphatic rings. The molecule has 0 radical (unpaired) electrons. The van der Waals surface area contributed by atoms with E-state index in [2.05, 4.69) is 26.2 Å². The zero-order chi connectivity index (χ0) is 14.5. The van der Waals surface area contributed by atoms with Crippen LogP contribution in [0.1, 0.15) is 16.3 Å². The highest BCUT2D eigenvalue weighted by Crippen LogP contribution is 2.15. The Morgan fingerprint density at radius 3 is 3.05 bits per heavy atom. The standard InChI is InChI=1S/C14H12BrFN2OS/c1-9-18-12(8-20-9)3-5-14(19)17-7-10-6-11(15)2-4-13(10)16/h2-6,8H,7H2,1H3,(H,17,19)/b5-3+. The molecule has 1 aromatic heterocycles. The lowest BCUT2D eigenvalue weighted by Gasteiger charge is -2.04. The van der Waals surface area contributed by atoms with Crippen molar-refractivity contribution in [1.82, 2.24) is 10.3 Å². The van der Waals surface area contributed by atoms with Crippen LogP contribution < -0.4 is 5.32 Å². The number of amides is 1. The number of thiazole rings is 1. The van der Waals surface area contributed by atoms with Crippen molar-refractivity contribution in [2.45, 2.75) is 13.5 Å². The Balaban J connectivity index is 1.92. The van der Waals surface area contributed by atoms with Crippen LogP contribution in [0.4, 0.5) is 4.39 Å². The average Bonchev–Trinajstić information content (AvgIpc) is 2.83. The minimum Gasteiger partial charge on any atom is -0.348 e. The van der Waals surface area contributed by atoms with Crippen molar-refractivity contribution in [3.05, 3.63) is 56.2 Å². The summed E-state index contributed by atoms with van der Waals surface area (Å²) < 4.78 is 14.2. The van der Waals surface area contributed by atoms with E-state index < -0.39 is 0 Å². The van der Waals surface area contributed by atoms with Gasteiger partial charge in [0, 0.05) is 28.0 Å². The van der Waals surface area contributed by atoms with Gasteiger partial charge in [-0.15, -0.1) is 11.3 Å². The van der Waals surface area contributed by atoms with E-state index in [1.54, 1.807) is 18.2 Å². The SMILES string of the molecule is Cc1nc(/C=C/C(=O)NCc2cc(Br)ccc2F)cs1. The molecule has 0 spiro atoms. The number of nitrogens with one attached hydrogen (secondary N) is 1. The second-order valence-corrected chi connectivity index (χ2v) is 6.06. The van der Waals surface area contributed by atoms with E-state index >= 15 is 0 Å². The molecule has 0 saturated heterocycles. The van der Waals surface area contributed by atoms with Crippen LogP contribution in [0.5, 0.6) is 0 Å². The maximum Gasteiger partial charge on any atom is 0.244 e. The predicted molar refractivity (Wildman–Crippen MR) is 81.8 cm³/mol. The van der Waals surface area contributed by atoms with Crippen LogP contribution >= 0.6 is 27.3 Å². The van der Waals surface area contributed by atoms with Crippen molar-refractivity contribution in [2.75, 3.05) is 0 Å². The lowest BCUT2D eigenvalue weighted by atomic mass is 10.2. The van der Waals surface area contributed by atoms with Crippen LogP contribution in [0.3, 0.4) is 0 Å². The van der Waals surface area contributed by atoms with Gasteiger partial charge in [0.2, 0.25) is 5.91 Å². The van der Waals surface area contributed by atoms with Gasteiger partial charge in [0.1, 0.15) is 5.82 Å². The Hall–Kier alpha value is -1.53. The summed E-state index contributed by atoms with van der Waals surface area (Å²) >= 11 is 4.79. The Morgan fingerprint density at radius 2 is 2.35 bits per heavy atom. The molecule has 0 aliphatic heterocycles. The van der Waals surface area contributed by atoms with Crippen molar-refractivity contribution in [2.24, 2.45) is 0 Å². The molecule has 0 unspecified atom stereocenters. The van der Waals surface area contributed by atoms with Gasteiger partial charge in [-0.1, -0.05) is 15.9 Å².